The van der Waals surface area contributed by atoms with Crippen molar-refractivity contribution >= 4 is 16.8 Å². The van der Waals surface area contributed by atoms with E-state index < -0.39 is 0 Å². The van der Waals surface area contributed by atoms with E-state index >= 15 is 0 Å². The lowest BCUT2D eigenvalue weighted by Crippen LogP contribution is -2.31. The minimum Gasteiger partial charge on any atom is -0.349 e. The summed E-state index contributed by atoms with van der Waals surface area (Å²) in [5, 5.41) is 15.0. The first-order valence-corrected chi connectivity index (χ1v) is 13.2. The van der Waals surface area contributed by atoms with Crippen LogP contribution in [0.1, 0.15) is 28.5 Å². The lowest BCUT2D eigenvalue weighted by atomic mass is 9.98. The Labute approximate surface area is 228 Å². The highest BCUT2D eigenvalue weighted by atomic mass is 16.1. The van der Waals surface area contributed by atoms with E-state index in [1.165, 1.54) is 11.1 Å². The molecule has 0 bridgehead atoms. The second-order valence-corrected chi connectivity index (χ2v) is 9.82. The van der Waals surface area contributed by atoms with Gasteiger partial charge in [-0.25, -0.2) is 4.98 Å². The third-order valence-corrected chi connectivity index (χ3v) is 6.81. The van der Waals surface area contributed by atoms with Gasteiger partial charge in [0.1, 0.15) is 17.1 Å². The summed E-state index contributed by atoms with van der Waals surface area (Å²) in [5.74, 6) is 0.333. The molecule has 3 heterocycles. The molecule has 0 aliphatic rings. The lowest BCUT2D eigenvalue weighted by Gasteiger charge is -2.11. The molecule has 0 fully saturated rings. The Bertz CT molecular complexity index is 1590. The summed E-state index contributed by atoms with van der Waals surface area (Å²) in [6.45, 7) is 7.17. The molecule has 0 unspecified atom stereocenters. The maximum absolute atomic E-state index is 13.2. The molecule has 5 aromatic rings. The van der Waals surface area contributed by atoms with Crippen LogP contribution in [0, 0.1) is 6.92 Å². The number of carbonyl (C=O) groups excluding carboxylic acids is 1. The number of likely N-dealkylation sites (N-methyl/N-ethyl adjacent to an activating group) is 1. The van der Waals surface area contributed by atoms with Gasteiger partial charge in [0.25, 0.3) is 5.91 Å². The van der Waals surface area contributed by atoms with Gasteiger partial charge >= 0.3 is 0 Å². The van der Waals surface area contributed by atoms with Crippen LogP contribution >= 0.6 is 0 Å². The number of pyridine rings is 1. The van der Waals surface area contributed by atoms with Crippen LogP contribution in [0.5, 0.6) is 0 Å². The summed E-state index contributed by atoms with van der Waals surface area (Å²) >= 11 is 0. The van der Waals surface area contributed by atoms with E-state index in [0.29, 0.717) is 29.5 Å². The zero-order chi connectivity index (χ0) is 27.4. The lowest BCUT2D eigenvalue weighted by molar-refractivity contribution is 0.0947. The number of benzene rings is 2. The van der Waals surface area contributed by atoms with Gasteiger partial charge in [-0.2, -0.15) is 5.10 Å². The molecule has 0 saturated carbocycles. The fraction of sp³-hybridized carbons (Fsp3) is 0.267. The maximum Gasteiger partial charge on any atom is 0.270 e. The van der Waals surface area contributed by atoms with Crippen molar-refractivity contribution in [3.63, 3.8) is 0 Å². The SMILES string of the molecule is CCNCc1cncc(-c2ccc3[nH]nc(-c4nc(-c5ccccc5)c(C(=O)NCCN(C)C)[nH]4)c3c2)c1C. The predicted molar refractivity (Wildman–Crippen MR) is 155 cm³/mol. The fourth-order valence-corrected chi connectivity index (χ4v) is 4.60. The van der Waals surface area contributed by atoms with Crippen LogP contribution in [-0.4, -0.2) is 69.7 Å². The maximum atomic E-state index is 13.2. The fourth-order valence-electron chi connectivity index (χ4n) is 4.60. The van der Waals surface area contributed by atoms with Gasteiger partial charge in [0.2, 0.25) is 0 Å². The molecule has 2 aromatic carbocycles. The molecule has 9 nitrogen and oxygen atoms in total. The number of carbonyl (C=O) groups is 1. The Balaban J connectivity index is 1.56. The van der Waals surface area contributed by atoms with Crippen LogP contribution in [0.15, 0.2) is 60.9 Å². The van der Waals surface area contributed by atoms with Crippen LogP contribution in [-0.2, 0) is 6.54 Å². The van der Waals surface area contributed by atoms with Gasteiger partial charge in [0, 0.05) is 48.5 Å². The number of hydrogen-bond acceptors (Lipinski definition) is 6. The van der Waals surface area contributed by atoms with Crippen molar-refractivity contribution in [2.45, 2.75) is 20.4 Å². The highest BCUT2D eigenvalue weighted by Crippen LogP contribution is 2.33. The highest BCUT2D eigenvalue weighted by molar-refractivity contribution is 6.00. The molecule has 5 rings (SSSR count). The number of amides is 1. The number of aromatic amines is 2. The molecule has 39 heavy (non-hydrogen) atoms. The van der Waals surface area contributed by atoms with Crippen LogP contribution < -0.4 is 10.6 Å². The normalized spacial score (nSPS) is 11.4. The van der Waals surface area contributed by atoms with Crippen molar-refractivity contribution in [2.75, 3.05) is 33.7 Å². The molecule has 9 heteroatoms. The molecular formula is C30H34N8O. The molecule has 200 valence electrons. The average molecular weight is 523 g/mol. The summed E-state index contributed by atoms with van der Waals surface area (Å²) in [5.41, 5.74) is 7.90. The molecule has 0 aliphatic carbocycles. The van der Waals surface area contributed by atoms with Crippen LogP contribution in [0.2, 0.25) is 0 Å². The Hall–Kier alpha value is -4.34. The van der Waals surface area contributed by atoms with Gasteiger partial charge in [0.15, 0.2) is 5.82 Å². The summed E-state index contributed by atoms with van der Waals surface area (Å²) in [6, 6.07) is 15.9. The standard InChI is InChI=1S/C30H34N8O/c1-5-31-16-22-17-32-18-24(19(22)2)21-11-12-25-23(15-21)27(37-36-25)29-34-26(20-9-7-6-8-10-20)28(35-29)30(39)33-13-14-38(3)4/h6-12,15,17-18,31H,5,13-14,16H2,1-4H3,(H,33,39)(H,34,35)(H,36,37). The summed E-state index contributed by atoms with van der Waals surface area (Å²) in [6.07, 6.45) is 3.82. The van der Waals surface area contributed by atoms with Crippen molar-refractivity contribution in [3.05, 3.63) is 77.7 Å². The van der Waals surface area contributed by atoms with Crippen molar-refractivity contribution in [2.24, 2.45) is 0 Å². The van der Waals surface area contributed by atoms with Gasteiger partial charge in [-0.05, 0) is 56.4 Å². The number of nitrogens with zero attached hydrogens (tertiary/aromatic N) is 4. The summed E-state index contributed by atoms with van der Waals surface area (Å²) in [7, 11) is 3.95. The number of rotatable bonds is 10. The van der Waals surface area contributed by atoms with E-state index in [1.807, 2.05) is 67.8 Å². The largest absolute Gasteiger partial charge is 0.349 e. The van der Waals surface area contributed by atoms with Crippen LogP contribution in [0.25, 0.3) is 44.8 Å². The van der Waals surface area contributed by atoms with E-state index in [2.05, 4.69) is 56.8 Å². The van der Waals surface area contributed by atoms with E-state index in [4.69, 9.17) is 4.98 Å². The van der Waals surface area contributed by atoms with E-state index in [-0.39, 0.29) is 5.91 Å². The van der Waals surface area contributed by atoms with Crippen molar-refractivity contribution in [1.82, 2.24) is 40.7 Å². The molecule has 4 N–H and O–H groups in total. The first-order chi connectivity index (χ1) is 19.0. The molecule has 0 radical (unpaired) electrons. The predicted octanol–water partition coefficient (Wildman–Crippen LogP) is 4.39. The minimum atomic E-state index is -0.200. The third-order valence-electron chi connectivity index (χ3n) is 6.81. The van der Waals surface area contributed by atoms with Gasteiger partial charge in [0.05, 0.1) is 5.52 Å². The third kappa shape index (κ3) is 5.59. The second-order valence-electron chi connectivity index (χ2n) is 9.82. The second kappa shape index (κ2) is 11.6. The topological polar surface area (TPSA) is 115 Å². The number of nitrogens with one attached hydrogen (secondary N) is 4. The first-order valence-electron chi connectivity index (χ1n) is 13.2. The summed E-state index contributed by atoms with van der Waals surface area (Å²) < 4.78 is 0. The quantitative estimate of drug-likeness (QED) is 0.216. The molecule has 3 aromatic heterocycles. The zero-order valence-corrected chi connectivity index (χ0v) is 22.8. The number of fused-ring (bicyclic) bond motifs is 1. The molecule has 0 aliphatic heterocycles. The number of imidazole rings is 1. The molecule has 1 amide bonds. The molecule has 0 saturated heterocycles. The average Bonchev–Trinajstić information content (AvgIpc) is 3.57. The smallest absolute Gasteiger partial charge is 0.270 e. The zero-order valence-electron chi connectivity index (χ0n) is 22.8. The van der Waals surface area contributed by atoms with Gasteiger partial charge in [-0.15, -0.1) is 0 Å². The van der Waals surface area contributed by atoms with Crippen LogP contribution in [0.4, 0.5) is 0 Å². The first kappa shape index (κ1) is 26.3. The Morgan fingerprint density at radius 2 is 1.85 bits per heavy atom. The Morgan fingerprint density at radius 1 is 1.03 bits per heavy atom. The molecule has 0 atom stereocenters. The van der Waals surface area contributed by atoms with E-state index in [1.54, 1.807) is 0 Å². The van der Waals surface area contributed by atoms with Crippen LogP contribution in [0.3, 0.4) is 0 Å². The van der Waals surface area contributed by atoms with E-state index in [9.17, 15) is 4.79 Å². The van der Waals surface area contributed by atoms with Gasteiger partial charge in [-0.3, -0.25) is 14.9 Å². The van der Waals surface area contributed by atoms with E-state index in [0.717, 1.165) is 47.2 Å². The Morgan fingerprint density at radius 3 is 2.62 bits per heavy atom. The monoisotopic (exact) mass is 522 g/mol. The minimum absolute atomic E-state index is 0.200. The van der Waals surface area contributed by atoms with Gasteiger partial charge in [-0.1, -0.05) is 43.3 Å². The van der Waals surface area contributed by atoms with Crippen molar-refractivity contribution in [3.8, 4) is 33.9 Å². The van der Waals surface area contributed by atoms with Crippen molar-refractivity contribution < 1.29 is 4.79 Å². The highest BCUT2D eigenvalue weighted by Gasteiger charge is 2.22. The number of hydrogen-bond donors (Lipinski definition) is 4. The summed E-state index contributed by atoms with van der Waals surface area (Å²) in [4.78, 5) is 27.9. The number of H-pyrrole nitrogens is 2. The van der Waals surface area contributed by atoms with Gasteiger partial charge < -0.3 is 20.5 Å². The van der Waals surface area contributed by atoms with Crippen molar-refractivity contribution in [1.29, 1.82) is 0 Å². The Kier molecular flexibility index (Phi) is 7.81. The molecular weight excluding hydrogens is 488 g/mol. The number of aromatic nitrogens is 5. The molecule has 0 spiro atoms.